The molecule has 0 spiro atoms. The quantitative estimate of drug-likeness (QED) is 0.698. The van der Waals surface area contributed by atoms with Crippen LogP contribution in [0.15, 0.2) is 18.3 Å². The van der Waals surface area contributed by atoms with Gasteiger partial charge in [-0.15, -0.1) is 0 Å². The first-order valence-corrected chi connectivity index (χ1v) is 5.20. The first-order valence-electron chi connectivity index (χ1n) is 4.82. The van der Waals surface area contributed by atoms with Crippen molar-refractivity contribution in [2.24, 2.45) is 0 Å². The predicted octanol–water partition coefficient (Wildman–Crippen LogP) is 2.87. The van der Waals surface area contributed by atoms with E-state index in [0.717, 1.165) is 5.65 Å². The molecule has 0 saturated heterocycles. The maximum absolute atomic E-state index is 6.07. The molecule has 0 saturated carbocycles. The van der Waals surface area contributed by atoms with Crippen LogP contribution < -0.4 is 5.73 Å². The number of hydrogen-bond acceptors (Lipinski definition) is 2. The second kappa shape index (κ2) is 3.14. The third kappa shape index (κ3) is 1.79. The van der Waals surface area contributed by atoms with Gasteiger partial charge >= 0.3 is 0 Å². The minimum absolute atomic E-state index is 0.0891. The Kier molecular flexibility index (Phi) is 2.15. The average molecular weight is 224 g/mol. The summed E-state index contributed by atoms with van der Waals surface area (Å²) < 4.78 is 1.85. The summed E-state index contributed by atoms with van der Waals surface area (Å²) in [6.07, 6.45) is 2.00. The Bertz CT molecular complexity index is 508. The lowest BCUT2D eigenvalue weighted by atomic mass is 9.89. The van der Waals surface area contributed by atoms with E-state index in [9.17, 15) is 0 Å². The van der Waals surface area contributed by atoms with E-state index in [2.05, 4.69) is 25.8 Å². The van der Waals surface area contributed by atoms with Gasteiger partial charge in [0.05, 0.1) is 0 Å². The minimum Gasteiger partial charge on any atom is -0.384 e. The molecule has 0 aromatic carbocycles. The van der Waals surface area contributed by atoms with E-state index in [1.54, 1.807) is 6.07 Å². The van der Waals surface area contributed by atoms with Gasteiger partial charge in [0.25, 0.3) is 0 Å². The lowest BCUT2D eigenvalue weighted by molar-refractivity contribution is 0.590. The average Bonchev–Trinajstić information content (AvgIpc) is 2.46. The van der Waals surface area contributed by atoms with E-state index in [0.29, 0.717) is 11.0 Å². The zero-order valence-electron chi connectivity index (χ0n) is 9.08. The van der Waals surface area contributed by atoms with Gasteiger partial charge in [0.15, 0.2) is 0 Å². The lowest BCUT2D eigenvalue weighted by Crippen LogP contribution is -2.09. The van der Waals surface area contributed by atoms with E-state index < -0.39 is 0 Å². The van der Waals surface area contributed by atoms with Gasteiger partial charge in [-0.05, 0) is 17.0 Å². The Hall–Kier alpha value is -1.22. The monoisotopic (exact) mass is 223 g/mol. The Morgan fingerprint density at radius 3 is 2.60 bits per heavy atom. The van der Waals surface area contributed by atoms with Crippen molar-refractivity contribution >= 4 is 23.1 Å². The molecule has 0 unspecified atom stereocenters. The van der Waals surface area contributed by atoms with E-state index in [1.165, 1.54) is 5.56 Å². The molecular formula is C11H14ClN3. The normalized spacial score (nSPS) is 12.3. The van der Waals surface area contributed by atoms with Crippen LogP contribution in [0.1, 0.15) is 26.3 Å². The van der Waals surface area contributed by atoms with E-state index in [4.69, 9.17) is 17.3 Å². The van der Waals surface area contributed by atoms with Crippen LogP contribution in [-0.2, 0) is 5.41 Å². The number of rotatable bonds is 0. The van der Waals surface area contributed by atoms with Crippen molar-refractivity contribution < 1.29 is 0 Å². The fraction of sp³-hybridized carbons (Fsp3) is 0.364. The first kappa shape index (κ1) is 10.3. The molecule has 2 aromatic heterocycles. The standard InChI is InChI=1S/C11H14ClN3/c1-11(2,3)7-4-10-14-9(13)5-8(12)15(10)6-7/h4-6H,1-3H3,(H2,13,14). The van der Waals surface area contributed by atoms with E-state index in [-0.39, 0.29) is 5.41 Å². The molecular weight excluding hydrogens is 210 g/mol. The first-order chi connectivity index (χ1) is 6.88. The molecule has 0 atom stereocenters. The molecule has 0 amide bonds. The maximum Gasteiger partial charge on any atom is 0.140 e. The summed E-state index contributed by atoms with van der Waals surface area (Å²) in [6.45, 7) is 6.46. The Morgan fingerprint density at radius 1 is 1.33 bits per heavy atom. The van der Waals surface area contributed by atoms with Crippen LogP contribution in [0.4, 0.5) is 5.82 Å². The SMILES string of the molecule is CC(C)(C)c1cc2nc(N)cc(Cl)n2c1. The van der Waals surface area contributed by atoms with Gasteiger partial charge in [-0.25, -0.2) is 4.98 Å². The molecule has 15 heavy (non-hydrogen) atoms. The number of nitrogen functional groups attached to an aromatic ring is 1. The molecule has 0 aliphatic heterocycles. The largest absolute Gasteiger partial charge is 0.384 e. The molecule has 0 aliphatic carbocycles. The number of hydrogen-bond donors (Lipinski definition) is 1. The number of nitrogens with zero attached hydrogens (tertiary/aromatic N) is 2. The highest BCUT2D eigenvalue weighted by Gasteiger charge is 2.16. The van der Waals surface area contributed by atoms with Gasteiger partial charge in [0, 0.05) is 12.3 Å². The van der Waals surface area contributed by atoms with Crippen molar-refractivity contribution in [3.8, 4) is 0 Å². The van der Waals surface area contributed by atoms with Crippen molar-refractivity contribution in [2.75, 3.05) is 5.73 Å². The second-order valence-electron chi connectivity index (χ2n) is 4.71. The Labute approximate surface area is 93.9 Å². The molecule has 2 N–H and O–H groups in total. The van der Waals surface area contributed by atoms with Crippen LogP contribution >= 0.6 is 11.6 Å². The maximum atomic E-state index is 6.07. The fourth-order valence-corrected chi connectivity index (χ4v) is 1.72. The van der Waals surface area contributed by atoms with Crippen molar-refractivity contribution in [3.63, 3.8) is 0 Å². The summed E-state index contributed by atoms with van der Waals surface area (Å²) in [5.41, 5.74) is 7.72. The van der Waals surface area contributed by atoms with Crippen LogP contribution in [0, 0.1) is 0 Å². The highest BCUT2D eigenvalue weighted by atomic mass is 35.5. The lowest BCUT2D eigenvalue weighted by Gasteiger charge is -2.15. The summed E-state index contributed by atoms with van der Waals surface area (Å²) in [5, 5.41) is 0.591. The molecule has 4 heteroatoms. The molecule has 3 nitrogen and oxygen atoms in total. The van der Waals surface area contributed by atoms with Gasteiger partial charge < -0.3 is 5.73 Å². The molecule has 0 aliphatic rings. The molecule has 2 aromatic rings. The van der Waals surface area contributed by atoms with Gasteiger partial charge in [-0.2, -0.15) is 0 Å². The van der Waals surface area contributed by atoms with Gasteiger partial charge in [0.1, 0.15) is 16.6 Å². The molecule has 2 rings (SSSR count). The summed E-state index contributed by atoms with van der Waals surface area (Å²) in [6, 6.07) is 3.67. The van der Waals surface area contributed by atoms with Gasteiger partial charge in [-0.3, -0.25) is 4.40 Å². The van der Waals surface area contributed by atoms with Gasteiger partial charge in [-0.1, -0.05) is 32.4 Å². The van der Waals surface area contributed by atoms with Crippen molar-refractivity contribution in [2.45, 2.75) is 26.2 Å². The smallest absolute Gasteiger partial charge is 0.140 e. The molecule has 2 heterocycles. The number of aromatic nitrogens is 2. The summed E-state index contributed by atoms with van der Waals surface area (Å²) >= 11 is 6.07. The predicted molar refractivity (Wildman–Crippen MR) is 63.3 cm³/mol. The van der Waals surface area contributed by atoms with Crippen LogP contribution in [0.5, 0.6) is 0 Å². The number of anilines is 1. The molecule has 0 bridgehead atoms. The number of fused-ring (bicyclic) bond motifs is 1. The van der Waals surface area contributed by atoms with Crippen molar-refractivity contribution in [1.29, 1.82) is 0 Å². The highest BCUT2D eigenvalue weighted by molar-refractivity contribution is 6.30. The summed E-state index contributed by atoms with van der Waals surface area (Å²) in [4.78, 5) is 4.23. The second-order valence-corrected chi connectivity index (χ2v) is 5.10. The van der Waals surface area contributed by atoms with Crippen molar-refractivity contribution in [1.82, 2.24) is 9.38 Å². The summed E-state index contributed by atoms with van der Waals surface area (Å²) in [7, 11) is 0. The number of halogens is 1. The molecule has 0 fully saturated rings. The van der Waals surface area contributed by atoms with E-state index >= 15 is 0 Å². The Morgan fingerprint density at radius 2 is 2.00 bits per heavy atom. The highest BCUT2D eigenvalue weighted by Crippen LogP contribution is 2.26. The zero-order chi connectivity index (χ0) is 11.2. The minimum atomic E-state index is 0.0891. The molecule has 0 radical (unpaired) electrons. The van der Waals surface area contributed by atoms with Crippen LogP contribution in [0.25, 0.3) is 5.65 Å². The third-order valence-electron chi connectivity index (χ3n) is 2.41. The third-order valence-corrected chi connectivity index (χ3v) is 2.70. The summed E-state index contributed by atoms with van der Waals surface area (Å²) in [5.74, 6) is 0.450. The topological polar surface area (TPSA) is 43.3 Å². The van der Waals surface area contributed by atoms with Gasteiger partial charge in [0.2, 0.25) is 0 Å². The van der Waals surface area contributed by atoms with Crippen LogP contribution in [-0.4, -0.2) is 9.38 Å². The fourth-order valence-electron chi connectivity index (χ4n) is 1.47. The number of nitrogens with two attached hydrogens (primary N) is 1. The molecule has 80 valence electrons. The van der Waals surface area contributed by atoms with Crippen LogP contribution in [0.3, 0.4) is 0 Å². The Balaban J connectivity index is 2.71. The van der Waals surface area contributed by atoms with Crippen molar-refractivity contribution in [3.05, 3.63) is 29.0 Å². The zero-order valence-corrected chi connectivity index (χ0v) is 9.84. The van der Waals surface area contributed by atoms with Crippen LogP contribution in [0.2, 0.25) is 5.15 Å². The van der Waals surface area contributed by atoms with E-state index in [1.807, 2.05) is 16.7 Å².